The van der Waals surface area contributed by atoms with Crippen molar-refractivity contribution in [1.82, 2.24) is 15.0 Å². The van der Waals surface area contributed by atoms with Gasteiger partial charge in [-0.05, 0) is 18.6 Å². The van der Waals surface area contributed by atoms with Crippen molar-refractivity contribution in [3.8, 4) is 0 Å². The van der Waals surface area contributed by atoms with Crippen LogP contribution in [0.2, 0.25) is 0 Å². The number of rotatable bonds is 6. The molecule has 0 spiro atoms. The van der Waals surface area contributed by atoms with Crippen molar-refractivity contribution in [2.24, 2.45) is 5.92 Å². The molecule has 1 fully saturated rings. The minimum absolute atomic E-state index is 0.176. The Kier molecular flexibility index (Phi) is 4.83. The van der Waals surface area contributed by atoms with E-state index >= 15 is 0 Å². The molecule has 0 saturated carbocycles. The van der Waals surface area contributed by atoms with Gasteiger partial charge >= 0.3 is 0 Å². The molecule has 1 aromatic carbocycles. The number of ether oxygens (including phenoxy) is 1. The van der Waals surface area contributed by atoms with Crippen molar-refractivity contribution in [2.75, 3.05) is 24.7 Å². The summed E-state index contributed by atoms with van der Waals surface area (Å²) in [6.45, 7) is 6.42. The summed E-state index contributed by atoms with van der Waals surface area (Å²) in [6.07, 6.45) is 4.43. The number of carbonyl (C=O) groups is 1. The molecule has 0 bridgehead atoms. The number of aromatic nitrogens is 3. The molecule has 1 unspecified atom stereocenters. The first kappa shape index (κ1) is 15.4. The van der Waals surface area contributed by atoms with Crippen LogP contribution in [0.4, 0.5) is 5.69 Å². The van der Waals surface area contributed by atoms with E-state index in [1.165, 1.54) is 0 Å². The normalized spacial score (nSPS) is 17.1. The molecular weight excluding hydrogens is 292 g/mol. The fourth-order valence-corrected chi connectivity index (χ4v) is 2.66. The number of nitrogens with zero attached hydrogens (tertiary/aromatic N) is 4. The number of hydrogen-bond donors (Lipinski definition) is 0. The quantitative estimate of drug-likeness (QED) is 0.767. The smallest absolute Gasteiger partial charge is 0.280 e. The largest absolute Gasteiger partial charge is 0.381 e. The van der Waals surface area contributed by atoms with Gasteiger partial charge < -0.3 is 9.64 Å². The number of anilines is 1. The summed E-state index contributed by atoms with van der Waals surface area (Å²) in [5.41, 5.74) is 1.16. The molecule has 2 aromatic rings. The average Bonchev–Trinajstić information content (AvgIpc) is 3.25. The van der Waals surface area contributed by atoms with E-state index in [4.69, 9.17) is 4.74 Å². The third-order valence-electron chi connectivity index (χ3n) is 3.85. The summed E-state index contributed by atoms with van der Waals surface area (Å²) >= 11 is 0. The summed E-state index contributed by atoms with van der Waals surface area (Å²) in [5.74, 6) is 0.267. The van der Waals surface area contributed by atoms with E-state index in [1.54, 1.807) is 21.9 Å². The first-order valence-corrected chi connectivity index (χ1v) is 7.73. The zero-order valence-corrected chi connectivity index (χ0v) is 13.0. The van der Waals surface area contributed by atoms with Gasteiger partial charge in [-0.25, -0.2) is 0 Å². The molecule has 1 atom stereocenters. The van der Waals surface area contributed by atoms with Gasteiger partial charge in [-0.1, -0.05) is 29.5 Å². The van der Waals surface area contributed by atoms with Crippen LogP contribution < -0.4 is 4.90 Å². The lowest BCUT2D eigenvalue weighted by atomic mass is 10.1. The van der Waals surface area contributed by atoms with Gasteiger partial charge in [0.05, 0.1) is 12.8 Å². The Morgan fingerprint density at radius 2 is 2.26 bits per heavy atom. The Bertz CT molecular complexity index is 662. The highest BCUT2D eigenvalue weighted by Gasteiger charge is 2.21. The van der Waals surface area contributed by atoms with Crippen LogP contribution in [0.1, 0.15) is 16.9 Å². The van der Waals surface area contributed by atoms with Gasteiger partial charge in [0.1, 0.15) is 0 Å². The van der Waals surface area contributed by atoms with Gasteiger partial charge in [-0.2, -0.15) is 0 Å². The molecule has 3 rings (SSSR count). The van der Waals surface area contributed by atoms with Crippen LogP contribution in [0.25, 0.3) is 0 Å². The van der Waals surface area contributed by atoms with Crippen molar-refractivity contribution < 1.29 is 9.53 Å². The van der Waals surface area contributed by atoms with Crippen LogP contribution in [0.5, 0.6) is 0 Å². The molecule has 6 heteroatoms. The number of hydrogen-bond acceptors (Lipinski definition) is 4. The molecule has 1 amide bonds. The molecule has 1 aliphatic heterocycles. The van der Waals surface area contributed by atoms with E-state index in [9.17, 15) is 4.79 Å². The van der Waals surface area contributed by atoms with E-state index in [0.29, 0.717) is 18.2 Å². The number of para-hydroxylation sites is 1. The molecule has 0 N–H and O–H groups in total. The van der Waals surface area contributed by atoms with Crippen LogP contribution >= 0.6 is 0 Å². The number of carbonyl (C=O) groups excluding carboxylic acids is 1. The Hall–Kier alpha value is -2.47. The highest BCUT2D eigenvalue weighted by Crippen LogP contribution is 2.17. The predicted octanol–water partition coefficient (Wildman–Crippen LogP) is 2.15. The van der Waals surface area contributed by atoms with Gasteiger partial charge in [0.2, 0.25) is 0 Å². The minimum atomic E-state index is -0.176. The van der Waals surface area contributed by atoms with Crippen LogP contribution in [-0.2, 0) is 11.3 Å². The lowest BCUT2D eigenvalue weighted by molar-refractivity contribution is 0.0985. The maximum Gasteiger partial charge on any atom is 0.280 e. The van der Waals surface area contributed by atoms with E-state index in [-0.39, 0.29) is 5.91 Å². The van der Waals surface area contributed by atoms with Crippen molar-refractivity contribution >= 4 is 11.6 Å². The highest BCUT2D eigenvalue weighted by atomic mass is 16.5. The second kappa shape index (κ2) is 7.19. The average molecular weight is 312 g/mol. The van der Waals surface area contributed by atoms with Gasteiger partial charge in [0, 0.05) is 31.3 Å². The Morgan fingerprint density at radius 3 is 2.96 bits per heavy atom. The van der Waals surface area contributed by atoms with Crippen molar-refractivity contribution in [3.63, 3.8) is 0 Å². The van der Waals surface area contributed by atoms with E-state index < -0.39 is 0 Å². The lowest BCUT2D eigenvalue weighted by Crippen LogP contribution is -2.31. The zero-order valence-electron chi connectivity index (χ0n) is 13.0. The molecule has 0 aliphatic carbocycles. The van der Waals surface area contributed by atoms with E-state index in [2.05, 4.69) is 16.9 Å². The Morgan fingerprint density at radius 1 is 1.43 bits per heavy atom. The maximum atomic E-state index is 12.7. The molecule has 1 saturated heterocycles. The summed E-state index contributed by atoms with van der Waals surface area (Å²) < 4.78 is 7.09. The molecular formula is C17H20N4O2. The Balaban J connectivity index is 1.75. The van der Waals surface area contributed by atoms with E-state index in [1.807, 2.05) is 30.3 Å². The van der Waals surface area contributed by atoms with Crippen LogP contribution in [-0.4, -0.2) is 40.7 Å². The van der Waals surface area contributed by atoms with E-state index in [0.717, 1.165) is 31.9 Å². The predicted molar refractivity (Wildman–Crippen MR) is 87.3 cm³/mol. The molecule has 0 radical (unpaired) electrons. The summed E-state index contributed by atoms with van der Waals surface area (Å²) in [7, 11) is 0. The molecule has 2 heterocycles. The summed E-state index contributed by atoms with van der Waals surface area (Å²) in [6, 6.07) is 9.49. The van der Waals surface area contributed by atoms with Gasteiger partial charge in [0.25, 0.3) is 5.91 Å². The second-order valence-electron chi connectivity index (χ2n) is 5.60. The summed E-state index contributed by atoms with van der Waals surface area (Å²) in [4.78, 5) is 14.4. The Labute approximate surface area is 135 Å². The first-order chi connectivity index (χ1) is 11.3. The number of amides is 1. The highest BCUT2D eigenvalue weighted by molar-refractivity contribution is 6.04. The van der Waals surface area contributed by atoms with Gasteiger partial charge in [-0.3, -0.25) is 9.48 Å². The lowest BCUT2D eigenvalue weighted by Gasteiger charge is -2.19. The molecule has 120 valence electrons. The maximum absolute atomic E-state index is 12.7. The topological polar surface area (TPSA) is 60.2 Å². The standard InChI is InChI=1S/C17H20N4O2/c1-2-9-21(15-6-4-3-5-7-15)17(22)16-12-20(19-18-16)11-14-8-10-23-13-14/h2-7,12,14H,1,8-11,13H2. The minimum Gasteiger partial charge on any atom is -0.381 e. The van der Waals surface area contributed by atoms with Crippen molar-refractivity contribution in [1.29, 1.82) is 0 Å². The van der Waals surface area contributed by atoms with Gasteiger partial charge in [0.15, 0.2) is 5.69 Å². The first-order valence-electron chi connectivity index (χ1n) is 7.73. The molecule has 6 nitrogen and oxygen atoms in total. The SMILES string of the molecule is C=CCN(C(=O)c1cn(CC2CCOC2)nn1)c1ccccc1. The van der Waals surface area contributed by atoms with Crippen molar-refractivity contribution in [2.45, 2.75) is 13.0 Å². The van der Waals surface area contributed by atoms with Crippen molar-refractivity contribution in [3.05, 3.63) is 54.9 Å². The fourth-order valence-electron chi connectivity index (χ4n) is 2.66. The number of benzene rings is 1. The fraction of sp³-hybridized carbons (Fsp3) is 0.353. The van der Waals surface area contributed by atoms with Crippen LogP contribution in [0.3, 0.4) is 0 Å². The molecule has 23 heavy (non-hydrogen) atoms. The molecule has 1 aromatic heterocycles. The van der Waals surface area contributed by atoms with Crippen LogP contribution in [0, 0.1) is 5.92 Å². The monoisotopic (exact) mass is 312 g/mol. The third kappa shape index (κ3) is 3.65. The summed E-state index contributed by atoms with van der Waals surface area (Å²) in [5, 5.41) is 8.11. The van der Waals surface area contributed by atoms with Crippen LogP contribution in [0.15, 0.2) is 49.2 Å². The zero-order chi connectivity index (χ0) is 16.1. The second-order valence-corrected chi connectivity index (χ2v) is 5.60. The third-order valence-corrected chi connectivity index (χ3v) is 3.85. The molecule has 1 aliphatic rings. The van der Waals surface area contributed by atoms with Gasteiger partial charge in [-0.15, -0.1) is 11.7 Å².